The summed E-state index contributed by atoms with van der Waals surface area (Å²) in [5.74, 6) is -8.78. The Labute approximate surface area is 604 Å². The summed E-state index contributed by atoms with van der Waals surface area (Å²) in [4.78, 5) is 191. The number of benzene rings is 1. The van der Waals surface area contributed by atoms with Crippen molar-refractivity contribution >= 4 is 82.5 Å². The number of likely N-dealkylation sites (N-methyl/N-ethyl adjacent to an activating group) is 7. The highest BCUT2D eigenvalue weighted by molar-refractivity contribution is 6.31. The number of likely N-dealkylation sites (tertiary alicyclic amines) is 1. The van der Waals surface area contributed by atoms with Gasteiger partial charge in [0, 0.05) is 82.0 Å². The highest BCUT2D eigenvalue weighted by Gasteiger charge is 2.52. The summed E-state index contributed by atoms with van der Waals surface area (Å²) in [7, 11) is 9.96. The lowest BCUT2D eigenvalue weighted by Crippen LogP contribution is -2.65. The second-order valence-corrected chi connectivity index (χ2v) is 30.0. The van der Waals surface area contributed by atoms with Crippen LogP contribution in [0, 0.1) is 17.8 Å². The van der Waals surface area contributed by atoms with E-state index in [9.17, 15) is 51.5 Å². The number of nitrogens with zero attached hydrogens (tertiary/aromatic N) is 9. The van der Waals surface area contributed by atoms with Gasteiger partial charge in [-0.2, -0.15) is 13.2 Å². The Morgan fingerprint density at radius 3 is 1.86 bits per heavy atom. The average Bonchev–Trinajstić information content (AvgIpc) is 1.37. The molecule has 6 fully saturated rings. The van der Waals surface area contributed by atoms with E-state index in [0.29, 0.717) is 64.5 Å². The molecule has 3 saturated heterocycles. The van der Waals surface area contributed by atoms with Crippen molar-refractivity contribution in [2.24, 2.45) is 17.8 Å². The summed E-state index contributed by atoms with van der Waals surface area (Å²) in [6.07, 6.45) is 5.09. The van der Waals surface area contributed by atoms with E-state index in [-0.39, 0.29) is 69.6 Å². The Hall–Kier alpha value is -7.10. The van der Waals surface area contributed by atoms with Gasteiger partial charge in [-0.3, -0.25) is 57.5 Å². The summed E-state index contributed by atoms with van der Waals surface area (Å²) in [6.45, 7) is 6.21. The van der Waals surface area contributed by atoms with Crippen molar-refractivity contribution in [1.29, 1.82) is 0 Å². The van der Waals surface area contributed by atoms with Crippen LogP contribution in [0.2, 0.25) is 5.02 Å². The lowest BCUT2D eigenvalue weighted by molar-refractivity contribution is -0.156. The normalized spacial score (nSPS) is 27.2. The molecule has 25 nitrogen and oxygen atoms in total. The summed E-state index contributed by atoms with van der Waals surface area (Å²) >= 11 is 6.19. The largest absolute Gasteiger partial charge is 0.417 e. The molecule has 3 aliphatic carbocycles. The molecule has 0 aromatic heterocycles. The van der Waals surface area contributed by atoms with E-state index >= 15 is 19.2 Å². The average molecular weight is 1460 g/mol. The van der Waals surface area contributed by atoms with Crippen LogP contribution in [0.15, 0.2) is 18.2 Å². The van der Waals surface area contributed by atoms with Crippen molar-refractivity contribution in [1.82, 2.24) is 60.0 Å². The molecular weight excluding hydrogens is 1350 g/mol. The van der Waals surface area contributed by atoms with Crippen molar-refractivity contribution in [2.45, 2.75) is 242 Å². The first-order valence-corrected chi connectivity index (χ1v) is 37.4. The van der Waals surface area contributed by atoms with Crippen molar-refractivity contribution in [3.05, 3.63) is 34.3 Å². The van der Waals surface area contributed by atoms with Gasteiger partial charge in [-0.25, -0.2) is 0 Å². The lowest BCUT2D eigenvalue weighted by Gasteiger charge is -2.43. The van der Waals surface area contributed by atoms with Gasteiger partial charge in [0.05, 0.1) is 42.7 Å². The van der Waals surface area contributed by atoms with Crippen molar-refractivity contribution in [3.63, 3.8) is 0 Å². The van der Waals surface area contributed by atoms with Gasteiger partial charge < -0.3 is 64.8 Å². The molecule has 12 amide bonds. The summed E-state index contributed by atoms with van der Waals surface area (Å²) < 4.78 is 47.9. The standard InChI is InChI=1S/C73H112ClF3N12O13/c1-12-25-54-64(94)79-62(46(4)13-2)69(99)83(7)44-60(92)81(5)45-61(93)85(9)56(39-47-26-17-15-18-27-47)67(97)82(6)43-58(90)78-53(33-31-48-30-32-51(52(74)38-48)73(75,76)77)66(96)89-42-50(102-14-3)40-55(89)65(95)80-72(34-21-22-35-72)71(101)87(11)63(49-28-19-16-20-29-49)70(100)86(10)57(41-59(91)84(54)8)68(98)88-36-23-24-37-88/h30,32,38,46-47,49-50,53-57,62-63H,12-29,31,33-37,39-45H2,1-11H3,(H,78,90)(H,79,94)(H,80,95)/t46-,50+,53-,54-,55-,56-,57-,62-,63-/m0/s1. The number of rotatable bonds is 13. The number of nitrogens with one attached hydrogen (secondary N) is 3. The molecule has 3 heterocycles. The van der Waals surface area contributed by atoms with Crippen LogP contribution in [-0.4, -0.2) is 264 Å². The first-order valence-electron chi connectivity index (χ1n) is 37.0. The molecule has 102 heavy (non-hydrogen) atoms. The third kappa shape index (κ3) is 20.4. The molecule has 1 spiro atoms. The second kappa shape index (κ2) is 37.0. The number of hydrogen-bond acceptors (Lipinski definition) is 13. The number of fused-ring (bicyclic) bond motifs is 1. The van der Waals surface area contributed by atoms with Gasteiger partial charge in [-0.15, -0.1) is 0 Å². The molecule has 3 aliphatic heterocycles. The van der Waals surface area contributed by atoms with Gasteiger partial charge in [0.2, 0.25) is 70.9 Å². The minimum absolute atomic E-state index is 0.00821. The number of carbonyl (C=O) groups is 12. The van der Waals surface area contributed by atoms with Crippen LogP contribution in [0.4, 0.5) is 13.2 Å². The van der Waals surface area contributed by atoms with Gasteiger partial charge in [-0.05, 0) is 107 Å². The summed E-state index contributed by atoms with van der Waals surface area (Å²) in [6, 6.07) is -5.77. The highest BCUT2D eigenvalue weighted by Crippen LogP contribution is 2.39. The predicted octanol–water partition coefficient (Wildman–Crippen LogP) is 5.80. The Bertz CT molecular complexity index is 3160. The van der Waals surface area contributed by atoms with Crippen molar-refractivity contribution in [2.75, 3.05) is 95.2 Å². The second-order valence-electron chi connectivity index (χ2n) is 29.6. The maximum atomic E-state index is 15.8. The Kier molecular flexibility index (Phi) is 29.9. The van der Waals surface area contributed by atoms with E-state index in [4.69, 9.17) is 16.3 Å². The van der Waals surface area contributed by atoms with Crippen LogP contribution in [-0.2, 0) is 74.9 Å². The molecule has 1 aromatic rings. The lowest BCUT2D eigenvalue weighted by atomic mass is 9.81. The SMILES string of the molecule is CCC[C@H]1C(=O)N[C@@H]([C@@H](C)CC)C(=O)N(C)CC(=O)N(C)CC(=O)N(C)[C@@H](CC2CCCCC2)C(=O)N(C)CC(=O)N[C@@H](CCc2ccc(C(F)(F)F)c(Cl)c2)C(=O)N2C[C@H](OCC)C[C@H]2C(=O)NC2(CCCC2)C(=O)N(C)[C@@H](C2CCCCC2)C(=O)N(C)[C@H](C(=O)N2CCCC2)CC(=O)N1C. The predicted molar refractivity (Wildman–Crippen MR) is 375 cm³/mol. The van der Waals surface area contributed by atoms with Crippen LogP contribution in [0.1, 0.15) is 187 Å². The number of hydrogen-bond donors (Lipinski definition) is 3. The van der Waals surface area contributed by atoms with Gasteiger partial charge in [-0.1, -0.05) is 115 Å². The van der Waals surface area contributed by atoms with Crippen LogP contribution in [0.3, 0.4) is 0 Å². The number of carbonyl (C=O) groups excluding carboxylic acids is 12. The molecule has 7 rings (SSSR count). The highest BCUT2D eigenvalue weighted by atomic mass is 35.5. The Morgan fingerprint density at radius 2 is 1.26 bits per heavy atom. The third-order valence-electron chi connectivity index (χ3n) is 22.4. The maximum absolute atomic E-state index is 15.8. The molecule has 1 aromatic carbocycles. The number of ether oxygens (including phenoxy) is 1. The summed E-state index contributed by atoms with van der Waals surface area (Å²) in [5.41, 5.74) is -2.42. The first kappa shape index (κ1) is 82.2. The fraction of sp³-hybridized carbons (Fsp3) is 0.753. The number of halogens is 4. The molecule has 29 heteroatoms. The van der Waals surface area contributed by atoms with E-state index in [1.54, 1.807) is 18.7 Å². The zero-order valence-electron chi connectivity index (χ0n) is 61.8. The molecular formula is C73H112ClF3N12O13. The van der Waals surface area contributed by atoms with Crippen molar-refractivity contribution in [3.8, 4) is 0 Å². The molecule has 9 atom stereocenters. The van der Waals surface area contributed by atoms with E-state index in [1.165, 1.54) is 79.9 Å². The van der Waals surface area contributed by atoms with Crippen LogP contribution in [0.25, 0.3) is 0 Å². The summed E-state index contributed by atoms with van der Waals surface area (Å²) in [5, 5.41) is 8.16. The molecule has 0 unspecified atom stereocenters. The molecule has 570 valence electrons. The minimum atomic E-state index is -4.77. The fourth-order valence-corrected chi connectivity index (χ4v) is 16.2. The smallest absolute Gasteiger partial charge is 0.377 e. The Morgan fingerprint density at radius 1 is 0.657 bits per heavy atom. The monoisotopic (exact) mass is 1460 g/mol. The number of aryl methyl sites for hydroxylation is 1. The topological polar surface area (TPSA) is 279 Å². The maximum Gasteiger partial charge on any atom is 0.417 e. The number of amides is 12. The van der Waals surface area contributed by atoms with Crippen LogP contribution < -0.4 is 16.0 Å². The van der Waals surface area contributed by atoms with Crippen LogP contribution in [0.5, 0.6) is 0 Å². The van der Waals surface area contributed by atoms with Gasteiger partial charge >= 0.3 is 6.18 Å². The molecule has 0 radical (unpaired) electrons. The van der Waals surface area contributed by atoms with E-state index in [1.807, 2.05) is 13.8 Å². The molecule has 3 saturated carbocycles. The zero-order chi connectivity index (χ0) is 75.1. The van der Waals surface area contributed by atoms with Crippen molar-refractivity contribution < 1.29 is 75.4 Å². The Balaban J connectivity index is 1.31. The van der Waals surface area contributed by atoms with Gasteiger partial charge in [0.15, 0.2) is 0 Å². The van der Waals surface area contributed by atoms with E-state index in [0.717, 1.165) is 78.2 Å². The van der Waals surface area contributed by atoms with E-state index < -0.39 is 179 Å². The van der Waals surface area contributed by atoms with E-state index in [2.05, 4.69) is 16.0 Å². The first-order chi connectivity index (χ1) is 48.3. The minimum Gasteiger partial charge on any atom is -0.377 e. The molecule has 6 aliphatic rings. The molecule has 3 N–H and O–H groups in total. The number of alkyl halides is 3. The fourth-order valence-electron chi connectivity index (χ4n) is 15.9. The third-order valence-corrected chi connectivity index (χ3v) is 22.7. The quantitative estimate of drug-likeness (QED) is 0.211. The van der Waals surface area contributed by atoms with Gasteiger partial charge in [0.1, 0.15) is 47.8 Å². The van der Waals surface area contributed by atoms with Crippen LogP contribution >= 0.6 is 11.6 Å². The molecule has 0 bridgehead atoms. The zero-order valence-corrected chi connectivity index (χ0v) is 62.6. The van der Waals surface area contributed by atoms with Gasteiger partial charge in [0.25, 0.3) is 0 Å².